The number of pyridine rings is 1. The predicted molar refractivity (Wildman–Crippen MR) is 107 cm³/mol. The lowest BCUT2D eigenvalue weighted by molar-refractivity contribution is 0.523. The van der Waals surface area contributed by atoms with Crippen molar-refractivity contribution in [2.45, 2.75) is 32.7 Å². The maximum Gasteiger partial charge on any atom is 0.143 e. The molecule has 1 aromatic carbocycles. The van der Waals surface area contributed by atoms with Crippen LogP contribution in [0.1, 0.15) is 30.1 Å². The molecular weight excluding hydrogens is 336 g/mol. The summed E-state index contributed by atoms with van der Waals surface area (Å²) >= 11 is 0. The molecule has 1 saturated heterocycles. The quantitative estimate of drug-likeness (QED) is 0.771. The van der Waals surface area contributed by atoms with Gasteiger partial charge in [-0.3, -0.25) is 0 Å². The molecule has 0 aliphatic carbocycles. The molecule has 1 N–H and O–H groups in total. The van der Waals surface area contributed by atoms with E-state index in [9.17, 15) is 5.26 Å². The van der Waals surface area contributed by atoms with Crippen molar-refractivity contribution in [2.24, 2.45) is 0 Å². The number of nitrogens with one attached hydrogen (secondary N) is 1. The van der Waals surface area contributed by atoms with E-state index >= 15 is 0 Å². The van der Waals surface area contributed by atoms with Gasteiger partial charge in [0, 0.05) is 42.0 Å². The van der Waals surface area contributed by atoms with Crippen molar-refractivity contribution in [3.63, 3.8) is 0 Å². The second-order valence-electron chi connectivity index (χ2n) is 7.00. The minimum absolute atomic E-state index is 0.364. The molecule has 1 aliphatic rings. The average molecular weight is 358 g/mol. The molecule has 0 saturated carbocycles. The molecule has 3 heterocycles. The molecule has 1 fully saturated rings. The maximum absolute atomic E-state index is 9.27. The van der Waals surface area contributed by atoms with Crippen LogP contribution in [0.5, 0.6) is 0 Å². The molecule has 0 unspecified atom stereocenters. The molecule has 2 aromatic heterocycles. The Morgan fingerprint density at radius 3 is 2.59 bits per heavy atom. The Morgan fingerprint density at radius 1 is 1.07 bits per heavy atom. The summed E-state index contributed by atoms with van der Waals surface area (Å²) in [5, 5.41) is 14.0. The van der Waals surface area contributed by atoms with Gasteiger partial charge < -0.3 is 10.2 Å². The van der Waals surface area contributed by atoms with Crippen LogP contribution in [0.15, 0.2) is 36.4 Å². The second-order valence-corrected chi connectivity index (χ2v) is 7.00. The fourth-order valence-electron chi connectivity index (χ4n) is 3.68. The lowest BCUT2D eigenvalue weighted by Gasteiger charge is -2.34. The van der Waals surface area contributed by atoms with Crippen LogP contribution in [0.4, 0.5) is 11.5 Å². The Bertz CT molecular complexity index is 995. The van der Waals surface area contributed by atoms with Crippen molar-refractivity contribution in [1.29, 1.82) is 5.26 Å². The molecule has 0 radical (unpaired) electrons. The number of fused-ring (bicyclic) bond motifs is 1. The van der Waals surface area contributed by atoms with Crippen molar-refractivity contribution >= 4 is 22.4 Å². The summed E-state index contributed by atoms with van der Waals surface area (Å²) in [5.74, 6) is 1.83. The van der Waals surface area contributed by atoms with Crippen LogP contribution >= 0.6 is 0 Å². The van der Waals surface area contributed by atoms with Gasteiger partial charge in [-0.05, 0) is 38.8 Å². The normalized spacial score (nSPS) is 14.9. The Morgan fingerprint density at radius 2 is 1.85 bits per heavy atom. The topological polar surface area (TPSA) is 77.7 Å². The van der Waals surface area contributed by atoms with E-state index in [-0.39, 0.29) is 0 Å². The van der Waals surface area contributed by atoms with Gasteiger partial charge in [-0.15, -0.1) is 0 Å². The third-order valence-corrected chi connectivity index (χ3v) is 4.96. The van der Waals surface area contributed by atoms with E-state index in [1.165, 1.54) is 0 Å². The Kier molecular flexibility index (Phi) is 4.59. The monoisotopic (exact) mass is 358 g/mol. The summed E-state index contributed by atoms with van der Waals surface area (Å²) < 4.78 is 0. The van der Waals surface area contributed by atoms with Gasteiger partial charge in [0.05, 0.1) is 5.52 Å². The molecule has 3 aromatic rings. The zero-order chi connectivity index (χ0) is 18.8. The van der Waals surface area contributed by atoms with E-state index in [4.69, 9.17) is 0 Å². The Hall–Kier alpha value is -3.20. The molecule has 136 valence electrons. The van der Waals surface area contributed by atoms with Crippen LogP contribution < -0.4 is 10.2 Å². The zero-order valence-electron chi connectivity index (χ0n) is 15.6. The SMILES string of the molecule is Cc1cc(N2CCC(Nc3cc(C#N)nc4ccccc34)CC2)nc(C)n1. The summed E-state index contributed by atoms with van der Waals surface area (Å²) in [6.45, 7) is 5.84. The Labute approximate surface area is 158 Å². The third kappa shape index (κ3) is 3.68. The van der Waals surface area contributed by atoms with Gasteiger partial charge in [0.15, 0.2) is 0 Å². The first-order chi connectivity index (χ1) is 13.1. The van der Waals surface area contributed by atoms with Crippen LogP contribution in [-0.4, -0.2) is 34.1 Å². The van der Waals surface area contributed by atoms with Crippen LogP contribution in [0, 0.1) is 25.2 Å². The highest BCUT2D eigenvalue weighted by atomic mass is 15.2. The number of aromatic nitrogens is 3. The fourth-order valence-corrected chi connectivity index (χ4v) is 3.68. The number of benzene rings is 1. The predicted octanol–water partition coefficient (Wildman–Crippen LogP) is 3.59. The van der Waals surface area contributed by atoms with Crippen LogP contribution in [0.25, 0.3) is 10.9 Å². The number of hydrogen-bond donors (Lipinski definition) is 1. The minimum Gasteiger partial charge on any atom is -0.382 e. The number of piperidine rings is 1. The molecule has 4 rings (SSSR count). The summed E-state index contributed by atoms with van der Waals surface area (Å²) in [6.07, 6.45) is 2.03. The highest BCUT2D eigenvalue weighted by molar-refractivity contribution is 5.91. The van der Waals surface area contributed by atoms with Crippen LogP contribution in [-0.2, 0) is 0 Å². The van der Waals surface area contributed by atoms with Gasteiger partial charge in [0.1, 0.15) is 23.4 Å². The number of nitriles is 1. The number of anilines is 2. The van der Waals surface area contributed by atoms with E-state index in [0.717, 1.165) is 59.9 Å². The molecule has 27 heavy (non-hydrogen) atoms. The standard InChI is InChI=1S/C21H22N6/c1-14-11-21(24-15(2)23-14)27-9-7-16(8-10-27)25-20-12-17(13-22)26-19-6-4-3-5-18(19)20/h3-6,11-12,16H,7-10H2,1-2H3,(H,25,26). The van der Waals surface area contributed by atoms with E-state index in [1.807, 2.05) is 44.2 Å². The van der Waals surface area contributed by atoms with E-state index < -0.39 is 0 Å². The van der Waals surface area contributed by atoms with Crippen molar-refractivity contribution in [3.05, 3.63) is 53.6 Å². The summed E-state index contributed by atoms with van der Waals surface area (Å²) in [5.41, 5.74) is 3.29. The molecule has 0 bridgehead atoms. The highest BCUT2D eigenvalue weighted by Crippen LogP contribution is 2.26. The van der Waals surface area contributed by atoms with Crippen molar-refractivity contribution in [1.82, 2.24) is 15.0 Å². The molecule has 0 spiro atoms. The van der Waals surface area contributed by atoms with Gasteiger partial charge in [0.2, 0.25) is 0 Å². The van der Waals surface area contributed by atoms with Crippen molar-refractivity contribution < 1.29 is 0 Å². The van der Waals surface area contributed by atoms with Crippen LogP contribution in [0.2, 0.25) is 0 Å². The van der Waals surface area contributed by atoms with Gasteiger partial charge >= 0.3 is 0 Å². The molecule has 6 heteroatoms. The molecule has 0 atom stereocenters. The summed E-state index contributed by atoms with van der Waals surface area (Å²) in [6, 6.07) is 14.4. The van der Waals surface area contributed by atoms with E-state index in [2.05, 4.69) is 37.3 Å². The molecule has 1 aliphatic heterocycles. The lowest BCUT2D eigenvalue weighted by Crippen LogP contribution is -2.39. The van der Waals surface area contributed by atoms with Crippen molar-refractivity contribution in [3.8, 4) is 6.07 Å². The fraction of sp³-hybridized carbons (Fsp3) is 0.333. The Balaban J connectivity index is 1.50. The van der Waals surface area contributed by atoms with E-state index in [1.54, 1.807) is 0 Å². The maximum atomic E-state index is 9.27. The van der Waals surface area contributed by atoms with Gasteiger partial charge in [0.25, 0.3) is 0 Å². The number of aryl methyl sites for hydroxylation is 2. The average Bonchev–Trinajstić information content (AvgIpc) is 2.67. The summed E-state index contributed by atoms with van der Waals surface area (Å²) in [4.78, 5) is 15.7. The first kappa shape index (κ1) is 17.2. The van der Waals surface area contributed by atoms with Crippen LogP contribution in [0.3, 0.4) is 0 Å². The number of hydrogen-bond acceptors (Lipinski definition) is 6. The largest absolute Gasteiger partial charge is 0.382 e. The minimum atomic E-state index is 0.364. The first-order valence-corrected chi connectivity index (χ1v) is 9.26. The van der Waals surface area contributed by atoms with Gasteiger partial charge in [-0.1, -0.05) is 18.2 Å². The number of nitrogens with zero attached hydrogens (tertiary/aromatic N) is 5. The number of para-hydroxylation sites is 1. The first-order valence-electron chi connectivity index (χ1n) is 9.26. The molecule has 6 nitrogen and oxygen atoms in total. The molecular formula is C21H22N6. The van der Waals surface area contributed by atoms with Gasteiger partial charge in [-0.2, -0.15) is 5.26 Å². The summed E-state index contributed by atoms with van der Waals surface area (Å²) in [7, 11) is 0. The van der Waals surface area contributed by atoms with Crippen molar-refractivity contribution in [2.75, 3.05) is 23.3 Å². The van der Waals surface area contributed by atoms with E-state index in [0.29, 0.717) is 11.7 Å². The lowest BCUT2D eigenvalue weighted by atomic mass is 10.0. The zero-order valence-corrected chi connectivity index (χ0v) is 15.6. The second kappa shape index (κ2) is 7.20. The third-order valence-electron chi connectivity index (χ3n) is 4.96. The molecule has 0 amide bonds. The number of rotatable bonds is 3. The van der Waals surface area contributed by atoms with Gasteiger partial charge in [-0.25, -0.2) is 15.0 Å². The highest BCUT2D eigenvalue weighted by Gasteiger charge is 2.21. The smallest absolute Gasteiger partial charge is 0.143 e.